The topological polar surface area (TPSA) is 292 Å². The summed E-state index contributed by atoms with van der Waals surface area (Å²) < 4.78 is 39.0. The third kappa shape index (κ3) is 8.20. The van der Waals surface area contributed by atoms with E-state index >= 15 is 0 Å². The van der Waals surface area contributed by atoms with Gasteiger partial charge in [-0.1, -0.05) is 5.16 Å². The summed E-state index contributed by atoms with van der Waals surface area (Å²) in [4.78, 5) is 52.8. The molecule has 0 spiro atoms. The van der Waals surface area contributed by atoms with Crippen LogP contribution in [0.1, 0.15) is 24.1 Å². The van der Waals surface area contributed by atoms with Crippen molar-refractivity contribution in [2.75, 3.05) is 25.4 Å². The average Bonchev–Trinajstić information content (AvgIpc) is 3.73. The number of carboxylic acids is 1. The van der Waals surface area contributed by atoms with Crippen LogP contribution in [0.2, 0.25) is 0 Å². The number of hydrogen-bond donors (Lipinski definition) is 6. The molecular weight excluding hydrogens is 674 g/mol. The number of thiazole rings is 1. The molecule has 256 valence electrons. The number of oxime groups is 1. The van der Waals surface area contributed by atoms with E-state index in [1.54, 1.807) is 24.3 Å². The summed E-state index contributed by atoms with van der Waals surface area (Å²) in [5, 5.41) is 28.1. The van der Waals surface area contributed by atoms with Gasteiger partial charge in [-0.3, -0.25) is 19.1 Å². The van der Waals surface area contributed by atoms with Gasteiger partial charge in [-0.05, 0) is 50.2 Å². The molecule has 0 saturated carbocycles. The molecule has 2 amide bonds. The molecule has 4 heterocycles. The summed E-state index contributed by atoms with van der Waals surface area (Å²) in [6.07, 6.45) is 2.67. The number of hydrogen-bond acceptors (Lipinski definition) is 15. The molecule has 8 N–H and O–H groups in total. The van der Waals surface area contributed by atoms with Crippen molar-refractivity contribution in [3.05, 3.63) is 53.3 Å². The molecule has 2 fully saturated rings. The lowest BCUT2D eigenvalue weighted by molar-refractivity contribution is -0.152. The molecular formula is C26H31N11O9S2. The number of benzene rings is 1. The van der Waals surface area contributed by atoms with E-state index in [1.165, 1.54) is 17.8 Å². The molecule has 0 unspecified atom stereocenters. The van der Waals surface area contributed by atoms with Gasteiger partial charge in [0.2, 0.25) is 0 Å². The predicted molar refractivity (Wildman–Crippen MR) is 168 cm³/mol. The number of nitrogens with two attached hydrogens (primary N) is 2. The number of aromatic nitrogens is 4. The Bertz CT molecular complexity index is 1790. The zero-order valence-corrected chi connectivity index (χ0v) is 26.6. The van der Waals surface area contributed by atoms with Crippen LogP contribution in [0.5, 0.6) is 5.75 Å². The highest BCUT2D eigenvalue weighted by molar-refractivity contribution is 7.84. The highest BCUT2D eigenvalue weighted by Crippen LogP contribution is 2.25. The minimum atomic E-state index is -4.99. The van der Waals surface area contributed by atoms with Gasteiger partial charge in [0.1, 0.15) is 36.0 Å². The van der Waals surface area contributed by atoms with Crippen molar-refractivity contribution in [2.24, 2.45) is 15.9 Å². The quantitative estimate of drug-likeness (QED) is 0.0355. The molecule has 0 radical (unpaired) electrons. The Labute approximate surface area is 276 Å². The number of carboxylic acid groups (broad SMARTS) is 1. The van der Waals surface area contributed by atoms with Crippen LogP contribution in [0.25, 0.3) is 0 Å². The Balaban J connectivity index is 1.27. The molecule has 2 saturated heterocycles. The number of rotatable bonds is 14. The number of ether oxygens (including phenoxy) is 1. The smallest absolute Gasteiger partial charge is 0.362 e. The van der Waals surface area contributed by atoms with Crippen molar-refractivity contribution in [1.29, 1.82) is 0 Å². The van der Waals surface area contributed by atoms with E-state index in [9.17, 15) is 32.5 Å². The molecule has 2 aliphatic heterocycles. The first-order chi connectivity index (χ1) is 22.9. The number of aliphatic carboxylic acids is 1. The fraction of sp³-hybridized carbons (Fsp3) is 0.385. The minimum absolute atomic E-state index is 0.0356. The second kappa shape index (κ2) is 14.7. The molecule has 22 heteroatoms. The number of nitrogen functional groups attached to an aromatic ring is 1. The minimum Gasteiger partial charge on any atom is -0.489 e. The molecule has 0 bridgehead atoms. The van der Waals surface area contributed by atoms with E-state index < -0.39 is 58.6 Å². The molecule has 48 heavy (non-hydrogen) atoms. The van der Waals surface area contributed by atoms with Gasteiger partial charge in [-0.25, -0.2) is 14.1 Å². The van der Waals surface area contributed by atoms with Crippen molar-refractivity contribution >= 4 is 56.1 Å². The van der Waals surface area contributed by atoms with Crippen LogP contribution in [-0.2, 0) is 36.1 Å². The standard InChI is InChI=1S/C26H31N11O9S2/c27-22(32-15-5-7-29-8-6-15)14-1-3-16(4-2-14)45-12-19(25(40)41)46-35-20(17-13-47-26(28)33-17)23(38)34-21-18(11-36-30-9-10-31-36)37(24(21)39)48(42,43)44/h1-4,9-10,13,15,18-19,21,29H,5-8,11-12H2,(H2,27,32)(H2,28,33)(H,34,38)(H,40,41)(H,42,43,44)/b35-20-/t18-,19+,21+/m1/s1. The number of amides is 2. The summed E-state index contributed by atoms with van der Waals surface area (Å²) >= 11 is 0.939. The van der Waals surface area contributed by atoms with Crippen molar-refractivity contribution in [3.8, 4) is 5.75 Å². The van der Waals surface area contributed by atoms with E-state index in [0.29, 0.717) is 17.1 Å². The summed E-state index contributed by atoms with van der Waals surface area (Å²) in [5.74, 6) is -3.04. The van der Waals surface area contributed by atoms with E-state index in [1.807, 2.05) is 0 Å². The van der Waals surface area contributed by atoms with Gasteiger partial charge < -0.3 is 36.8 Å². The molecule has 5 rings (SSSR count). The maximum Gasteiger partial charge on any atom is 0.362 e. The van der Waals surface area contributed by atoms with Crippen LogP contribution in [0, 0.1) is 0 Å². The molecule has 2 aromatic heterocycles. The molecule has 1 aromatic carbocycles. The van der Waals surface area contributed by atoms with E-state index in [2.05, 4.69) is 36.0 Å². The number of anilines is 1. The Morgan fingerprint density at radius 1 is 1.19 bits per heavy atom. The second-order valence-corrected chi connectivity index (χ2v) is 12.7. The molecule has 3 atom stereocenters. The Hall–Kier alpha value is -5.19. The number of piperidine rings is 1. The lowest BCUT2D eigenvalue weighted by Gasteiger charge is -2.43. The van der Waals surface area contributed by atoms with Crippen LogP contribution in [-0.4, -0.2) is 116 Å². The van der Waals surface area contributed by atoms with Gasteiger partial charge in [0.25, 0.3) is 17.9 Å². The van der Waals surface area contributed by atoms with E-state index in [4.69, 9.17) is 21.0 Å². The van der Waals surface area contributed by atoms with Crippen molar-refractivity contribution in [3.63, 3.8) is 0 Å². The van der Waals surface area contributed by atoms with E-state index in [0.717, 1.165) is 42.1 Å². The first-order valence-electron chi connectivity index (χ1n) is 14.3. The fourth-order valence-electron chi connectivity index (χ4n) is 4.82. The molecule has 0 aliphatic carbocycles. The summed E-state index contributed by atoms with van der Waals surface area (Å²) in [5.41, 5.74) is 11.8. The van der Waals surface area contributed by atoms with Gasteiger partial charge in [0.15, 0.2) is 10.8 Å². The summed E-state index contributed by atoms with van der Waals surface area (Å²) in [6, 6.07) is 3.86. The first-order valence-corrected chi connectivity index (χ1v) is 16.6. The van der Waals surface area contributed by atoms with Gasteiger partial charge in [-0.15, -0.1) is 11.3 Å². The van der Waals surface area contributed by atoms with Crippen LogP contribution in [0.3, 0.4) is 0 Å². The summed E-state index contributed by atoms with van der Waals surface area (Å²) in [7, 11) is -4.99. The number of β-lactam (4-membered cyclic amide) rings is 1. The summed E-state index contributed by atoms with van der Waals surface area (Å²) in [6.45, 7) is 0.897. The van der Waals surface area contributed by atoms with Crippen LogP contribution in [0.4, 0.5) is 5.13 Å². The normalized spacial score (nSPS) is 19.8. The maximum absolute atomic E-state index is 13.4. The second-order valence-electron chi connectivity index (χ2n) is 10.5. The Morgan fingerprint density at radius 3 is 2.48 bits per heavy atom. The number of nitrogens with one attached hydrogen (secondary N) is 2. The largest absolute Gasteiger partial charge is 0.489 e. The van der Waals surface area contributed by atoms with Gasteiger partial charge in [-0.2, -0.15) is 23.4 Å². The number of carbonyl (C=O) groups is 3. The predicted octanol–water partition coefficient (Wildman–Crippen LogP) is -1.77. The van der Waals surface area contributed by atoms with Crippen LogP contribution in [0.15, 0.2) is 52.2 Å². The number of nitrogens with zero attached hydrogens (tertiary/aromatic N) is 7. The number of amidine groups is 1. The number of carbonyl (C=O) groups excluding carboxylic acids is 2. The van der Waals surface area contributed by atoms with Gasteiger partial charge in [0.05, 0.1) is 25.0 Å². The average molecular weight is 706 g/mol. The van der Waals surface area contributed by atoms with Crippen molar-refractivity contribution in [1.82, 2.24) is 34.9 Å². The molecule has 20 nitrogen and oxygen atoms in total. The highest BCUT2D eigenvalue weighted by Gasteiger charge is 2.54. The van der Waals surface area contributed by atoms with Crippen LogP contribution >= 0.6 is 11.3 Å². The lowest BCUT2D eigenvalue weighted by Crippen LogP contribution is -2.73. The van der Waals surface area contributed by atoms with Gasteiger partial charge >= 0.3 is 16.3 Å². The van der Waals surface area contributed by atoms with Crippen molar-refractivity contribution in [2.45, 2.75) is 43.6 Å². The SMILES string of the molecule is NC(=NC1CCNCC1)c1ccc(OC[C@H](O/N=C(\C(=O)N[C@@H]2C(=O)N(S(=O)(=O)O)[C@@H]2Cn2nccn2)c2csc(N)n2)C(=O)O)cc1. The number of aliphatic imine (C=N–C) groups is 1. The first kappa shape index (κ1) is 34.2. The zero-order chi connectivity index (χ0) is 34.4. The molecule has 2 aliphatic rings. The van der Waals surface area contributed by atoms with E-state index in [-0.39, 0.29) is 27.7 Å². The zero-order valence-electron chi connectivity index (χ0n) is 24.9. The third-order valence-corrected chi connectivity index (χ3v) is 8.85. The Morgan fingerprint density at radius 2 is 1.88 bits per heavy atom. The van der Waals surface area contributed by atoms with Crippen molar-refractivity contribution < 1.29 is 42.0 Å². The fourth-order valence-corrected chi connectivity index (χ4v) is 6.24. The maximum atomic E-state index is 13.4. The lowest BCUT2D eigenvalue weighted by atomic mass is 9.98. The Kier molecular flexibility index (Phi) is 10.5. The van der Waals surface area contributed by atoms with Crippen LogP contribution < -0.4 is 26.8 Å². The molecule has 3 aromatic rings. The van der Waals surface area contributed by atoms with Gasteiger partial charge in [0, 0.05) is 10.9 Å². The monoisotopic (exact) mass is 705 g/mol. The third-order valence-electron chi connectivity index (χ3n) is 7.23. The highest BCUT2D eigenvalue weighted by atomic mass is 32.2.